The first-order valence-corrected chi connectivity index (χ1v) is 7.33. The third-order valence-corrected chi connectivity index (χ3v) is 4.77. The van der Waals surface area contributed by atoms with E-state index >= 15 is 0 Å². The van der Waals surface area contributed by atoms with Crippen molar-refractivity contribution in [3.05, 3.63) is 16.0 Å². The molecule has 0 amide bonds. The van der Waals surface area contributed by atoms with Crippen LogP contribution in [0.1, 0.15) is 66.8 Å². The minimum Gasteiger partial charge on any atom is -0.390 e. The normalized spacial score (nSPS) is 19.4. The summed E-state index contributed by atoms with van der Waals surface area (Å²) < 4.78 is 0. The molecular weight excluding hydrogens is 230 g/mol. The van der Waals surface area contributed by atoms with Crippen LogP contribution in [-0.2, 0) is 6.42 Å². The van der Waals surface area contributed by atoms with E-state index in [2.05, 4.69) is 6.92 Å². The van der Waals surface area contributed by atoms with E-state index in [0.29, 0.717) is 5.92 Å². The SMILES string of the molecule is CCC1CCCc2sc(N)c(C(=O)C(C)C)c21. The van der Waals surface area contributed by atoms with Crippen LogP contribution in [0.3, 0.4) is 0 Å². The van der Waals surface area contributed by atoms with Crippen molar-refractivity contribution in [3.63, 3.8) is 0 Å². The summed E-state index contributed by atoms with van der Waals surface area (Å²) >= 11 is 1.64. The fourth-order valence-electron chi connectivity index (χ4n) is 2.73. The highest BCUT2D eigenvalue weighted by Crippen LogP contribution is 2.44. The van der Waals surface area contributed by atoms with E-state index in [4.69, 9.17) is 5.73 Å². The molecule has 3 heteroatoms. The maximum absolute atomic E-state index is 12.3. The second kappa shape index (κ2) is 4.81. The average molecular weight is 251 g/mol. The molecule has 1 unspecified atom stereocenters. The number of aryl methyl sites for hydroxylation is 1. The molecule has 2 N–H and O–H groups in total. The summed E-state index contributed by atoms with van der Waals surface area (Å²) in [5, 5.41) is 0.744. The topological polar surface area (TPSA) is 43.1 Å². The Bertz CT molecular complexity index is 434. The van der Waals surface area contributed by atoms with Gasteiger partial charge in [-0.15, -0.1) is 11.3 Å². The summed E-state index contributed by atoms with van der Waals surface area (Å²) in [4.78, 5) is 13.7. The van der Waals surface area contributed by atoms with Gasteiger partial charge in [0.05, 0.1) is 10.6 Å². The quantitative estimate of drug-likeness (QED) is 0.825. The predicted molar refractivity (Wildman–Crippen MR) is 73.9 cm³/mol. The second-order valence-corrected chi connectivity index (χ2v) is 6.33. The maximum atomic E-state index is 12.3. The maximum Gasteiger partial charge on any atom is 0.168 e. The number of hydrogen-bond donors (Lipinski definition) is 1. The van der Waals surface area contributed by atoms with Crippen molar-refractivity contribution in [2.75, 3.05) is 5.73 Å². The Kier molecular flexibility index (Phi) is 3.57. The number of anilines is 1. The molecule has 17 heavy (non-hydrogen) atoms. The summed E-state index contributed by atoms with van der Waals surface area (Å²) in [7, 11) is 0. The second-order valence-electron chi connectivity index (χ2n) is 5.19. The number of nitrogens with two attached hydrogens (primary N) is 1. The van der Waals surface area contributed by atoms with Gasteiger partial charge in [0.25, 0.3) is 0 Å². The molecular formula is C14H21NOS. The van der Waals surface area contributed by atoms with E-state index < -0.39 is 0 Å². The summed E-state index contributed by atoms with van der Waals surface area (Å²) in [6.07, 6.45) is 4.66. The zero-order valence-corrected chi connectivity index (χ0v) is 11.7. The average Bonchev–Trinajstić information content (AvgIpc) is 2.63. The van der Waals surface area contributed by atoms with Gasteiger partial charge in [-0.05, 0) is 37.2 Å². The molecule has 1 aliphatic rings. The standard InChI is InChI=1S/C14H21NOS/c1-4-9-6-5-7-10-11(9)12(14(15)17-10)13(16)8(2)3/h8-9H,4-7,15H2,1-3H3. The van der Waals surface area contributed by atoms with Gasteiger partial charge >= 0.3 is 0 Å². The third kappa shape index (κ3) is 2.13. The summed E-state index contributed by atoms with van der Waals surface area (Å²) in [6, 6.07) is 0. The number of thiophene rings is 1. The monoisotopic (exact) mass is 251 g/mol. The number of fused-ring (bicyclic) bond motifs is 1. The van der Waals surface area contributed by atoms with E-state index in [1.54, 1.807) is 11.3 Å². The number of rotatable bonds is 3. The number of hydrogen-bond acceptors (Lipinski definition) is 3. The van der Waals surface area contributed by atoms with Gasteiger partial charge in [-0.1, -0.05) is 20.8 Å². The molecule has 2 nitrogen and oxygen atoms in total. The largest absolute Gasteiger partial charge is 0.390 e. The minimum atomic E-state index is 0.0374. The first kappa shape index (κ1) is 12.6. The molecule has 2 rings (SSSR count). The lowest BCUT2D eigenvalue weighted by Crippen LogP contribution is -2.15. The fourth-order valence-corrected chi connectivity index (χ4v) is 3.94. The molecule has 0 saturated heterocycles. The number of carbonyl (C=O) groups is 1. The van der Waals surface area contributed by atoms with Crippen molar-refractivity contribution in [1.29, 1.82) is 0 Å². The molecule has 0 radical (unpaired) electrons. The van der Waals surface area contributed by atoms with Gasteiger partial charge in [0.15, 0.2) is 5.78 Å². The lowest BCUT2D eigenvalue weighted by Gasteiger charge is -2.23. The number of Topliss-reactive ketones (excluding diaryl/α,β-unsaturated/α-hetero) is 1. The fraction of sp³-hybridized carbons (Fsp3) is 0.643. The molecule has 0 aliphatic heterocycles. The molecule has 1 heterocycles. The van der Waals surface area contributed by atoms with Crippen molar-refractivity contribution in [3.8, 4) is 0 Å². The van der Waals surface area contributed by atoms with Gasteiger partial charge in [0, 0.05) is 10.8 Å². The van der Waals surface area contributed by atoms with Crippen molar-refractivity contribution in [2.24, 2.45) is 5.92 Å². The Hall–Kier alpha value is -0.830. The molecule has 0 bridgehead atoms. The summed E-state index contributed by atoms with van der Waals surface area (Å²) in [6.45, 7) is 6.11. The Morgan fingerprint density at radius 1 is 1.53 bits per heavy atom. The molecule has 0 spiro atoms. The molecule has 1 aromatic rings. The molecule has 0 fully saturated rings. The van der Waals surface area contributed by atoms with Crippen LogP contribution in [0, 0.1) is 5.92 Å². The molecule has 0 aromatic carbocycles. The molecule has 94 valence electrons. The smallest absolute Gasteiger partial charge is 0.168 e. The van der Waals surface area contributed by atoms with Crippen molar-refractivity contribution in [1.82, 2.24) is 0 Å². The third-order valence-electron chi connectivity index (χ3n) is 3.68. The van der Waals surface area contributed by atoms with Gasteiger partial charge in [0.1, 0.15) is 0 Å². The molecule has 1 aromatic heterocycles. The lowest BCUT2D eigenvalue weighted by atomic mass is 9.81. The highest BCUT2D eigenvalue weighted by atomic mass is 32.1. The summed E-state index contributed by atoms with van der Waals surface area (Å²) in [5.41, 5.74) is 8.22. The summed E-state index contributed by atoms with van der Waals surface area (Å²) in [5.74, 6) is 0.806. The van der Waals surface area contributed by atoms with Gasteiger partial charge < -0.3 is 5.73 Å². The minimum absolute atomic E-state index is 0.0374. The van der Waals surface area contributed by atoms with Crippen molar-refractivity contribution in [2.45, 2.75) is 52.4 Å². The zero-order valence-electron chi connectivity index (χ0n) is 10.9. The van der Waals surface area contributed by atoms with E-state index in [9.17, 15) is 4.79 Å². The number of carbonyl (C=O) groups excluding carboxylic acids is 1. The Morgan fingerprint density at radius 3 is 2.82 bits per heavy atom. The van der Waals surface area contributed by atoms with Gasteiger partial charge in [0.2, 0.25) is 0 Å². The van der Waals surface area contributed by atoms with Crippen molar-refractivity contribution < 1.29 is 4.79 Å². The van der Waals surface area contributed by atoms with Crippen LogP contribution in [0.4, 0.5) is 5.00 Å². The molecule has 1 aliphatic carbocycles. The molecule has 0 saturated carbocycles. The zero-order chi connectivity index (χ0) is 12.6. The predicted octanol–water partition coefficient (Wildman–Crippen LogP) is 4.00. The first-order valence-electron chi connectivity index (χ1n) is 6.51. The Balaban J connectivity index is 2.52. The van der Waals surface area contributed by atoms with Crippen LogP contribution >= 0.6 is 11.3 Å². The van der Waals surface area contributed by atoms with E-state index in [0.717, 1.165) is 23.4 Å². The van der Waals surface area contributed by atoms with Gasteiger partial charge in [-0.25, -0.2) is 0 Å². The first-order chi connectivity index (χ1) is 8.06. The number of ketones is 1. The van der Waals surface area contributed by atoms with Crippen LogP contribution in [-0.4, -0.2) is 5.78 Å². The number of nitrogen functional groups attached to an aromatic ring is 1. The van der Waals surface area contributed by atoms with Gasteiger partial charge in [-0.3, -0.25) is 4.79 Å². The van der Waals surface area contributed by atoms with Crippen LogP contribution in [0.5, 0.6) is 0 Å². The van der Waals surface area contributed by atoms with Crippen LogP contribution < -0.4 is 5.73 Å². The molecule has 1 atom stereocenters. The highest BCUT2D eigenvalue weighted by molar-refractivity contribution is 7.16. The van der Waals surface area contributed by atoms with Gasteiger partial charge in [-0.2, -0.15) is 0 Å². The van der Waals surface area contributed by atoms with Crippen LogP contribution in [0.15, 0.2) is 0 Å². The van der Waals surface area contributed by atoms with E-state index in [-0.39, 0.29) is 11.7 Å². The van der Waals surface area contributed by atoms with Crippen LogP contribution in [0.2, 0.25) is 0 Å². The Morgan fingerprint density at radius 2 is 2.24 bits per heavy atom. The van der Waals surface area contributed by atoms with E-state index in [1.807, 2.05) is 13.8 Å². The lowest BCUT2D eigenvalue weighted by molar-refractivity contribution is 0.0939. The highest BCUT2D eigenvalue weighted by Gasteiger charge is 2.30. The van der Waals surface area contributed by atoms with E-state index in [1.165, 1.54) is 23.3 Å². The Labute approximate surface area is 107 Å². The van der Waals surface area contributed by atoms with Crippen LogP contribution in [0.25, 0.3) is 0 Å². The van der Waals surface area contributed by atoms with Crippen molar-refractivity contribution >= 4 is 22.1 Å².